The largest absolute Gasteiger partial charge is 0.550 e. The molecule has 6 nitrogen and oxygen atoms in total. The van der Waals surface area contributed by atoms with Gasteiger partial charge >= 0.3 is 0 Å². The third-order valence-electron chi connectivity index (χ3n) is 2.25. The number of carbonyl (C=O) groups excluding carboxylic acids is 3. The number of ketones is 2. The van der Waals surface area contributed by atoms with Crippen molar-refractivity contribution < 1.29 is 29.1 Å². The molecule has 0 saturated heterocycles. The van der Waals surface area contributed by atoms with Crippen molar-refractivity contribution in [2.75, 3.05) is 27.7 Å². The van der Waals surface area contributed by atoms with Crippen molar-refractivity contribution in [2.24, 2.45) is 0 Å². The van der Waals surface area contributed by atoms with Crippen LogP contribution in [0.2, 0.25) is 0 Å². The van der Waals surface area contributed by atoms with Crippen molar-refractivity contribution in [3.63, 3.8) is 0 Å². The van der Waals surface area contributed by atoms with Gasteiger partial charge < -0.3 is 19.5 Å². The van der Waals surface area contributed by atoms with E-state index in [4.69, 9.17) is 0 Å². The lowest BCUT2D eigenvalue weighted by molar-refractivity contribution is -0.875. The van der Waals surface area contributed by atoms with Gasteiger partial charge in [0.1, 0.15) is 6.54 Å². The predicted octanol–water partition coefficient (Wildman–Crippen LogP) is -1.72. The van der Waals surface area contributed by atoms with Crippen molar-refractivity contribution in [3.8, 4) is 0 Å². The summed E-state index contributed by atoms with van der Waals surface area (Å²) in [6, 6.07) is 0. The van der Waals surface area contributed by atoms with Crippen LogP contribution in [-0.2, 0) is 14.4 Å². The summed E-state index contributed by atoms with van der Waals surface area (Å²) in [6.45, 7) is 3.09. The Hall–Kier alpha value is -1.53. The first-order valence-corrected chi connectivity index (χ1v) is 5.41. The van der Waals surface area contributed by atoms with E-state index < -0.39 is 36.0 Å². The van der Waals surface area contributed by atoms with E-state index in [-0.39, 0.29) is 11.0 Å². The Morgan fingerprint density at radius 2 is 1.83 bits per heavy atom. The second-order valence-electron chi connectivity index (χ2n) is 5.30. The first-order valence-electron chi connectivity index (χ1n) is 5.41. The number of likely N-dealkylation sites (N-methyl/N-ethyl adjacent to an activating group) is 1. The van der Waals surface area contributed by atoms with Gasteiger partial charge in [-0.25, -0.2) is 0 Å². The highest BCUT2D eigenvalue weighted by molar-refractivity contribution is 6.07. The van der Waals surface area contributed by atoms with E-state index in [1.54, 1.807) is 21.1 Å². The molecule has 0 aliphatic heterocycles. The molecule has 0 radical (unpaired) electrons. The van der Waals surface area contributed by atoms with Crippen LogP contribution in [0.25, 0.3) is 0 Å². The van der Waals surface area contributed by atoms with Gasteiger partial charge in [-0.3, -0.25) is 9.59 Å². The molecule has 0 aromatic rings. The van der Waals surface area contributed by atoms with Gasteiger partial charge in [-0.05, 0) is 6.08 Å². The standard InChI is InChI=1S/C12H19NO5/c1-5-9(14)6-10(15)12(18,7-11(16)17)8-13(2,3)4/h5,18H,1,6-8H2,2-4H3. The first kappa shape index (κ1) is 16.5. The fourth-order valence-corrected chi connectivity index (χ4v) is 1.66. The fraction of sp³-hybridized carbons (Fsp3) is 0.583. The smallest absolute Gasteiger partial charge is 0.178 e. The minimum Gasteiger partial charge on any atom is -0.550 e. The number of rotatable bonds is 8. The van der Waals surface area contributed by atoms with E-state index in [1.165, 1.54) is 0 Å². The molecular weight excluding hydrogens is 238 g/mol. The monoisotopic (exact) mass is 257 g/mol. The summed E-state index contributed by atoms with van der Waals surface area (Å²) in [4.78, 5) is 33.6. The SMILES string of the molecule is C=CC(=O)CC(=O)C(O)(CC(=O)[O-])C[N+](C)(C)C. The van der Waals surface area contributed by atoms with Crippen molar-refractivity contribution in [2.45, 2.75) is 18.4 Å². The van der Waals surface area contributed by atoms with Gasteiger partial charge in [0, 0.05) is 12.4 Å². The topological polar surface area (TPSA) is 94.5 Å². The maximum Gasteiger partial charge on any atom is 0.178 e. The van der Waals surface area contributed by atoms with Gasteiger partial charge in [0.05, 0.1) is 27.6 Å². The molecule has 0 aliphatic carbocycles. The number of carboxylic acid groups (broad SMARTS) is 1. The van der Waals surface area contributed by atoms with Gasteiger partial charge in [-0.1, -0.05) is 6.58 Å². The lowest BCUT2D eigenvalue weighted by Gasteiger charge is -2.34. The van der Waals surface area contributed by atoms with Crippen LogP contribution in [0.15, 0.2) is 12.7 Å². The van der Waals surface area contributed by atoms with Gasteiger partial charge in [0.2, 0.25) is 0 Å². The molecule has 102 valence electrons. The second-order valence-corrected chi connectivity index (χ2v) is 5.30. The molecule has 0 aliphatic rings. The molecule has 0 rings (SSSR count). The summed E-state index contributed by atoms with van der Waals surface area (Å²) in [5, 5.41) is 20.8. The number of allylic oxidation sites excluding steroid dienone is 1. The minimum atomic E-state index is -2.10. The Bertz CT molecular complexity index is 369. The molecule has 0 aromatic carbocycles. The van der Waals surface area contributed by atoms with Crippen molar-refractivity contribution in [1.29, 1.82) is 0 Å². The van der Waals surface area contributed by atoms with Crippen molar-refractivity contribution in [3.05, 3.63) is 12.7 Å². The number of carbonyl (C=O) groups is 3. The molecule has 1 unspecified atom stereocenters. The van der Waals surface area contributed by atoms with E-state index in [0.29, 0.717) is 0 Å². The molecule has 1 N–H and O–H groups in total. The Balaban J connectivity index is 5.08. The molecule has 0 fully saturated rings. The summed E-state index contributed by atoms with van der Waals surface area (Å²) in [6.07, 6.45) is -0.428. The van der Waals surface area contributed by atoms with Crippen LogP contribution in [0, 0.1) is 0 Å². The van der Waals surface area contributed by atoms with Gasteiger partial charge in [0.25, 0.3) is 0 Å². The highest BCUT2D eigenvalue weighted by Gasteiger charge is 2.41. The molecule has 0 amide bonds. The second kappa shape index (κ2) is 5.88. The molecule has 0 bridgehead atoms. The average Bonchev–Trinajstić information content (AvgIpc) is 2.12. The fourth-order valence-electron chi connectivity index (χ4n) is 1.66. The van der Waals surface area contributed by atoms with E-state index >= 15 is 0 Å². The Kier molecular flexibility index (Phi) is 5.38. The summed E-state index contributed by atoms with van der Waals surface area (Å²) < 4.78 is 0.178. The highest BCUT2D eigenvalue weighted by Crippen LogP contribution is 2.17. The maximum absolute atomic E-state index is 11.8. The van der Waals surface area contributed by atoms with E-state index in [2.05, 4.69) is 6.58 Å². The summed E-state index contributed by atoms with van der Waals surface area (Å²) in [5.74, 6) is -2.92. The molecule has 6 heteroatoms. The lowest BCUT2D eigenvalue weighted by Crippen LogP contribution is -2.56. The number of quaternary nitrogens is 1. The van der Waals surface area contributed by atoms with Crippen LogP contribution < -0.4 is 5.11 Å². The molecule has 0 heterocycles. The van der Waals surface area contributed by atoms with E-state index in [9.17, 15) is 24.6 Å². The van der Waals surface area contributed by atoms with Crippen LogP contribution in [0.1, 0.15) is 12.8 Å². The quantitative estimate of drug-likeness (QED) is 0.317. The van der Waals surface area contributed by atoms with Gasteiger partial charge in [-0.2, -0.15) is 0 Å². The van der Waals surface area contributed by atoms with Gasteiger partial charge in [0.15, 0.2) is 17.2 Å². The number of aliphatic hydroxyl groups is 1. The van der Waals surface area contributed by atoms with Crippen LogP contribution in [-0.4, -0.2) is 60.4 Å². The molecule has 0 aromatic heterocycles. The molecular formula is C12H19NO5. The molecule has 18 heavy (non-hydrogen) atoms. The Morgan fingerprint density at radius 3 is 2.17 bits per heavy atom. The average molecular weight is 257 g/mol. The number of carboxylic acids is 1. The predicted molar refractivity (Wildman–Crippen MR) is 62.3 cm³/mol. The van der Waals surface area contributed by atoms with Gasteiger partial charge in [-0.15, -0.1) is 0 Å². The number of nitrogens with zero attached hydrogens (tertiary/aromatic N) is 1. The maximum atomic E-state index is 11.8. The highest BCUT2D eigenvalue weighted by atomic mass is 16.4. The third kappa shape index (κ3) is 5.70. The number of hydrogen-bond acceptors (Lipinski definition) is 5. The summed E-state index contributed by atoms with van der Waals surface area (Å²) in [5.41, 5.74) is -2.10. The van der Waals surface area contributed by atoms with Crippen molar-refractivity contribution in [1.82, 2.24) is 0 Å². The minimum absolute atomic E-state index is 0.121. The van der Waals surface area contributed by atoms with Crippen molar-refractivity contribution >= 4 is 17.5 Å². The zero-order chi connectivity index (χ0) is 14.6. The van der Waals surface area contributed by atoms with Crippen LogP contribution in [0.5, 0.6) is 0 Å². The number of hydrogen-bond donors (Lipinski definition) is 1. The molecule has 1 atom stereocenters. The third-order valence-corrected chi connectivity index (χ3v) is 2.25. The Labute approximate surface area is 106 Å². The number of aliphatic carboxylic acids is 1. The van der Waals surface area contributed by atoms with Crippen LogP contribution in [0.3, 0.4) is 0 Å². The zero-order valence-corrected chi connectivity index (χ0v) is 10.9. The van der Waals surface area contributed by atoms with Crippen LogP contribution >= 0.6 is 0 Å². The Morgan fingerprint density at radius 1 is 1.33 bits per heavy atom. The summed E-state index contributed by atoms with van der Waals surface area (Å²) >= 11 is 0. The molecule has 0 spiro atoms. The van der Waals surface area contributed by atoms with Crippen LogP contribution in [0.4, 0.5) is 0 Å². The first-order chi connectivity index (χ1) is 8.00. The number of Topliss-reactive ketones (excluding diaryl/α,β-unsaturated/α-hetero) is 1. The molecule has 0 saturated carbocycles. The van der Waals surface area contributed by atoms with E-state index in [1.807, 2.05) is 0 Å². The summed E-state index contributed by atoms with van der Waals surface area (Å²) in [7, 11) is 5.09. The lowest BCUT2D eigenvalue weighted by atomic mass is 9.90. The van der Waals surface area contributed by atoms with E-state index in [0.717, 1.165) is 6.08 Å². The normalized spacial score (nSPS) is 14.7. The zero-order valence-electron chi connectivity index (χ0n) is 10.9.